The molecule has 1 rings (SSSR count). The van der Waals surface area contributed by atoms with E-state index in [1.165, 1.54) is 12.8 Å². The van der Waals surface area contributed by atoms with Crippen molar-refractivity contribution in [3.8, 4) is 0 Å². The van der Waals surface area contributed by atoms with Gasteiger partial charge in [0.15, 0.2) is 0 Å². The number of hydrogen-bond donors (Lipinski definition) is 2. The molecule has 51 valence electrons. The van der Waals surface area contributed by atoms with E-state index in [0.29, 0.717) is 6.04 Å². The van der Waals surface area contributed by atoms with Gasteiger partial charge in [-0.25, -0.2) is 0 Å². The molecule has 0 saturated carbocycles. The summed E-state index contributed by atoms with van der Waals surface area (Å²) in [5.74, 6) is 0. The molecule has 1 saturated heterocycles. The molecule has 1 aliphatic heterocycles. The Hall–Kier alpha value is -0.150. The fraction of sp³-hybridized carbons (Fsp3) is 0.833. The first kappa shape index (κ1) is 6.96. The Balaban J connectivity index is 2.15. The number of nitrogens with one attached hydrogen (secondary N) is 2. The minimum absolute atomic E-state index is 0.573. The molecule has 0 atom stereocenters. The van der Waals surface area contributed by atoms with Gasteiger partial charge in [0.05, 0.1) is 0 Å². The number of rotatable bonds is 2. The van der Waals surface area contributed by atoms with Crippen LogP contribution in [0.4, 0.5) is 0 Å². The summed E-state index contributed by atoms with van der Waals surface area (Å²) in [4.78, 5) is 0. The molecule has 2 nitrogen and oxygen atoms in total. The van der Waals surface area contributed by atoms with E-state index in [-0.39, 0.29) is 0 Å². The van der Waals surface area contributed by atoms with Crippen LogP contribution in [-0.4, -0.2) is 24.6 Å². The predicted octanol–water partition coefficient (Wildman–Crippen LogP) is 0.162. The molecule has 9 heavy (non-hydrogen) atoms. The summed E-state index contributed by atoms with van der Waals surface area (Å²) < 4.78 is 0. The molecular formula is C6H11N2S. The van der Waals surface area contributed by atoms with Crippen molar-refractivity contribution in [3.63, 3.8) is 0 Å². The normalized spacial score (nSPS) is 21.3. The van der Waals surface area contributed by atoms with Gasteiger partial charge >= 0.3 is 0 Å². The van der Waals surface area contributed by atoms with E-state index >= 15 is 0 Å². The minimum Gasteiger partial charge on any atom is -0.371 e. The Morgan fingerprint density at radius 1 is 1.44 bits per heavy atom. The fourth-order valence-electron chi connectivity index (χ4n) is 1.05. The smallest absolute Gasteiger partial charge is 0.134 e. The lowest BCUT2D eigenvalue weighted by Gasteiger charge is -2.21. The highest BCUT2D eigenvalue weighted by Gasteiger charge is 2.09. The highest BCUT2D eigenvalue weighted by Crippen LogP contribution is 1.99. The van der Waals surface area contributed by atoms with Gasteiger partial charge in [-0.2, -0.15) is 0 Å². The summed E-state index contributed by atoms with van der Waals surface area (Å²) in [5, 5.41) is 6.28. The Morgan fingerprint density at radius 2 is 2.11 bits per heavy atom. The monoisotopic (exact) mass is 143 g/mol. The van der Waals surface area contributed by atoms with Crippen LogP contribution in [0.2, 0.25) is 0 Å². The van der Waals surface area contributed by atoms with Crippen molar-refractivity contribution in [2.75, 3.05) is 13.1 Å². The van der Waals surface area contributed by atoms with Crippen LogP contribution in [0.25, 0.3) is 0 Å². The standard InChI is InChI=1S/C6H11N2S/c9-5-8-6-1-3-7-4-2-6/h6-7H,1-4H2,(H,8,9). The third-order valence-electron chi connectivity index (χ3n) is 1.60. The summed E-state index contributed by atoms with van der Waals surface area (Å²) in [6, 6.07) is 0.573. The van der Waals surface area contributed by atoms with Gasteiger partial charge < -0.3 is 10.6 Å². The molecule has 1 aliphatic rings. The maximum absolute atomic E-state index is 4.55. The third kappa shape index (κ3) is 2.28. The Labute approximate surface area is 61.0 Å². The largest absolute Gasteiger partial charge is 0.371 e. The van der Waals surface area contributed by atoms with Gasteiger partial charge in [-0.3, -0.25) is 0 Å². The van der Waals surface area contributed by atoms with E-state index in [2.05, 4.69) is 28.3 Å². The number of thiocarbonyl (C=S) groups is 1. The molecule has 0 unspecified atom stereocenters. The van der Waals surface area contributed by atoms with Crippen molar-refractivity contribution in [2.24, 2.45) is 0 Å². The first-order chi connectivity index (χ1) is 4.43. The van der Waals surface area contributed by atoms with Crippen molar-refractivity contribution in [2.45, 2.75) is 18.9 Å². The summed E-state index contributed by atoms with van der Waals surface area (Å²) in [6.07, 6.45) is 2.34. The quantitative estimate of drug-likeness (QED) is 0.425. The third-order valence-corrected chi connectivity index (χ3v) is 1.72. The molecule has 0 spiro atoms. The molecule has 0 aromatic heterocycles. The lowest BCUT2D eigenvalue weighted by Crippen LogP contribution is -2.38. The lowest BCUT2D eigenvalue weighted by molar-refractivity contribution is 0.433. The zero-order valence-electron chi connectivity index (χ0n) is 5.31. The van der Waals surface area contributed by atoms with Crippen molar-refractivity contribution in [3.05, 3.63) is 0 Å². The van der Waals surface area contributed by atoms with E-state index in [1.807, 2.05) is 0 Å². The van der Waals surface area contributed by atoms with Crippen LogP contribution >= 0.6 is 12.2 Å². The van der Waals surface area contributed by atoms with Gasteiger partial charge in [-0.1, -0.05) is 12.2 Å². The molecule has 0 aromatic rings. The molecular weight excluding hydrogens is 132 g/mol. The second-order valence-corrected chi connectivity index (χ2v) is 2.47. The van der Waals surface area contributed by atoms with Crippen LogP contribution in [0, 0.1) is 0 Å². The van der Waals surface area contributed by atoms with E-state index in [4.69, 9.17) is 0 Å². The van der Waals surface area contributed by atoms with E-state index in [1.54, 1.807) is 0 Å². The van der Waals surface area contributed by atoms with Gasteiger partial charge in [0.2, 0.25) is 0 Å². The maximum atomic E-state index is 4.55. The molecule has 1 radical (unpaired) electrons. The Morgan fingerprint density at radius 3 is 2.67 bits per heavy atom. The van der Waals surface area contributed by atoms with Crippen LogP contribution in [0.1, 0.15) is 12.8 Å². The Bertz CT molecular complexity index is 89.1. The van der Waals surface area contributed by atoms with Gasteiger partial charge in [0, 0.05) is 6.04 Å². The Kier molecular flexibility index (Phi) is 2.94. The van der Waals surface area contributed by atoms with E-state index < -0.39 is 0 Å². The number of piperidine rings is 1. The first-order valence-electron chi connectivity index (χ1n) is 3.27. The molecule has 0 bridgehead atoms. The van der Waals surface area contributed by atoms with Crippen LogP contribution in [-0.2, 0) is 0 Å². The van der Waals surface area contributed by atoms with Gasteiger partial charge in [0.25, 0.3) is 0 Å². The molecule has 0 aromatic carbocycles. The molecule has 3 heteroatoms. The topological polar surface area (TPSA) is 24.1 Å². The van der Waals surface area contributed by atoms with Gasteiger partial charge in [-0.15, -0.1) is 0 Å². The lowest BCUT2D eigenvalue weighted by atomic mass is 10.1. The van der Waals surface area contributed by atoms with Crippen LogP contribution < -0.4 is 10.6 Å². The second kappa shape index (κ2) is 3.80. The van der Waals surface area contributed by atoms with Crippen LogP contribution in [0.3, 0.4) is 0 Å². The fourth-order valence-corrected chi connectivity index (χ4v) is 1.22. The van der Waals surface area contributed by atoms with Crippen molar-refractivity contribution in [1.29, 1.82) is 0 Å². The average Bonchev–Trinajstić information content (AvgIpc) is 1.91. The van der Waals surface area contributed by atoms with E-state index in [0.717, 1.165) is 13.1 Å². The molecule has 1 fully saturated rings. The van der Waals surface area contributed by atoms with Crippen molar-refractivity contribution < 1.29 is 0 Å². The SMILES string of the molecule is S=[C]NC1CCNCC1. The first-order valence-corrected chi connectivity index (χ1v) is 3.67. The summed E-state index contributed by atoms with van der Waals surface area (Å²) >= 11 is 4.55. The number of hydrogen-bond acceptors (Lipinski definition) is 2. The van der Waals surface area contributed by atoms with Crippen molar-refractivity contribution >= 4 is 17.7 Å². The second-order valence-electron chi connectivity index (χ2n) is 2.27. The zero-order valence-corrected chi connectivity index (χ0v) is 6.13. The zero-order chi connectivity index (χ0) is 6.53. The maximum Gasteiger partial charge on any atom is 0.134 e. The molecule has 1 heterocycles. The summed E-state index contributed by atoms with van der Waals surface area (Å²) in [5.41, 5.74) is 2.54. The van der Waals surface area contributed by atoms with E-state index in [9.17, 15) is 0 Å². The molecule has 0 aliphatic carbocycles. The minimum atomic E-state index is 0.573. The highest BCUT2D eigenvalue weighted by atomic mass is 32.1. The highest BCUT2D eigenvalue weighted by molar-refractivity contribution is 7.78. The van der Waals surface area contributed by atoms with Gasteiger partial charge in [0.1, 0.15) is 5.49 Å². The van der Waals surface area contributed by atoms with Crippen molar-refractivity contribution in [1.82, 2.24) is 10.6 Å². The predicted molar refractivity (Wildman–Crippen MR) is 41.6 cm³/mol. The van der Waals surface area contributed by atoms with Crippen LogP contribution in [0.15, 0.2) is 0 Å². The van der Waals surface area contributed by atoms with Gasteiger partial charge in [-0.05, 0) is 25.9 Å². The average molecular weight is 143 g/mol. The molecule has 2 N–H and O–H groups in total. The molecule has 0 amide bonds. The summed E-state index contributed by atoms with van der Waals surface area (Å²) in [7, 11) is 0. The summed E-state index contributed by atoms with van der Waals surface area (Å²) in [6.45, 7) is 2.21. The van der Waals surface area contributed by atoms with Crippen LogP contribution in [0.5, 0.6) is 0 Å².